The Kier molecular flexibility index (Phi) is 5.13. The molecule has 1 atom stereocenters. The summed E-state index contributed by atoms with van der Waals surface area (Å²) in [4.78, 5) is 15.6. The summed E-state index contributed by atoms with van der Waals surface area (Å²) in [7, 11) is 3.30. The first-order chi connectivity index (χ1) is 11.2. The van der Waals surface area contributed by atoms with E-state index >= 15 is 0 Å². The van der Waals surface area contributed by atoms with Gasteiger partial charge in [0.25, 0.3) is 0 Å². The van der Waals surface area contributed by atoms with Crippen molar-refractivity contribution in [3.63, 3.8) is 0 Å². The number of rotatable bonds is 6. The minimum Gasteiger partial charge on any atom is -0.496 e. The maximum Gasteiger partial charge on any atom is 0.233 e. The van der Waals surface area contributed by atoms with Gasteiger partial charge in [0.1, 0.15) is 16.9 Å². The molecule has 3 rings (SSSR count). The second kappa shape index (κ2) is 7.27. The molecule has 2 aromatic rings. The van der Waals surface area contributed by atoms with Crippen LogP contribution in [0.3, 0.4) is 0 Å². The SMILES string of the molecule is COc1cccc(OC)c1C1SCC(=O)N1CCc1cccs1. The minimum atomic E-state index is -0.0615. The summed E-state index contributed by atoms with van der Waals surface area (Å²) in [5, 5.41) is 2.00. The Labute approximate surface area is 144 Å². The highest BCUT2D eigenvalue weighted by atomic mass is 32.2. The number of hydrogen-bond acceptors (Lipinski definition) is 5. The van der Waals surface area contributed by atoms with E-state index in [1.807, 2.05) is 29.2 Å². The van der Waals surface area contributed by atoms with Crippen LogP contribution in [0.5, 0.6) is 11.5 Å². The van der Waals surface area contributed by atoms with Crippen LogP contribution in [-0.4, -0.2) is 37.3 Å². The standard InChI is InChI=1S/C17H19NO3S2/c1-20-13-6-3-7-14(21-2)16(13)17-18(15(19)11-23-17)9-8-12-5-4-10-22-12/h3-7,10,17H,8-9,11H2,1-2H3. The zero-order valence-corrected chi connectivity index (χ0v) is 14.8. The number of thioether (sulfide) groups is 1. The molecule has 0 radical (unpaired) electrons. The van der Waals surface area contributed by atoms with Crippen molar-refractivity contribution in [1.29, 1.82) is 0 Å². The van der Waals surface area contributed by atoms with Gasteiger partial charge in [0.15, 0.2) is 0 Å². The lowest BCUT2D eigenvalue weighted by molar-refractivity contribution is -0.128. The van der Waals surface area contributed by atoms with Crippen LogP contribution in [0.25, 0.3) is 0 Å². The Morgan fingerprint density at radius 1 is 1.17 bits per heavy atom. The Hall–Kier alpha value is -1.66. The highest BCUT2D eigenvalue weighted by molar-refractivity contribution is 8.00. The smallest absolute Gasteiger partial charge is 0.233 e. The van der Waals surface area contributed by atoms with Crippen molar-refractivity contribution >= 4 is 29.0 Å². The van der Waals surface area contributed by atoms with E-state index in [4.69, 9.17) is 9.47 Å². The molecule has 0 aliphatic carbocycles. The Morgan fingerprint density at radius 2 is 1.91 bits per heavy atom. The normalized spacial score (nSPS) is 17.6. The fourth-order valence-corrected chi connectivity index (χ4v) is 4.71. The summed E-state index contributed by atoms with van der Waals surface area (Å²) >= 11 is 3.35. The van der Waals surface area contributed by atoms with Gasteiger partial charge < -0.3 is 14.4 Å². The van der Waals surface area contributed by atoms with Gasteiger partial charge in [-0.15, -0.1) is 23.1 Å². The lowest BCUT2D eigenvalue weighted by Gasteiger charge is -2.26. The molecule has 0 spiro atoms. The molecule has 0 saturated carbocycles. The van der Waals surface area contributed by atoms with Gasteiger partial charge >= 0.3 is 0 Å². The third-order valence-corrected chi connectivity index (χ3v) is 6.02. The van der Waals surface area contributed by atoms with Crippen molar-refractivity contribution in [3.8, 4) is 11.5 Å². The van der Waals surface area contributed by atoms with E-state index in [1.165, 1.54) is 4.88 Å². The van der Waals surface area contributed by atoms with Crippen LogP contribution < -0.4 is 9.47 Å². The van der Waals surface area contributed by atoms with Gasteiger partial charge in [0.05, 0.1) is 25.5 Å². The summed E-state index contributed by atoms with van der Waals surface area (Å²) in [6.07, 6.45) is 0.873. The summed E-state index contributed by atoms with van der Waals surface area (Å²) < 4.78 is 11.0. The van der Waals surface area contributed by atoms with Crippen LogP contribution in [0.1, 0.15) is 15.8 Å². The second-order valence-electron chi connectivity index (χ2n) is 5.16. The second-order valence-corrected chi connectivity index (χ2v) is 7.26. The zero-order chi connectivity index (χ0) is 16.2. The molecule has 1 aromatic carbocycles. The number of amides is 1. The third-order valence-electron chi connectivity index (χ3n) is 3.86. The van der Waals surface area contributed by atoms with Gasteiger partial charge in [0.2, 0.25) is 5.91 Å². The maximum atomic E-state index is 12.3. The Balaban J connectivity index is 1.87. The molecule has 122 valence electrons. The van der Waals surface area contributed by atoms with Crippen molar-refractivity contribution in [2.45, 2.75) is 11.8 Å². The third kappa shape index (κ3) is 3.33. The highest BCUT2D eigenvalue weighted by Crippen LogP contribution is 2.46. The molecule has 1 fully saturated rings. The Morgan fingerprint density at radius 3 is 2.52 bits per heavy atom. The molecule has 1 aliphatic heterocycles. The molecule has 1 saturated heterocycles. The van der Waals surface area contributed by atoms with Crippen LogP contribution >= 0.6 is 23.1 Å². The predicted molar refractivity (Wildman–Crippen MR) is 94.5 cm³/mol. The molecule has 6 heteroatoms. The fraction of sp³-hybridized carbons (Fsp3) is 0.353. The lowest BCUT2D eigenvalue weighted by Crippen LogP contribution is -2.30. The topological polar surface area (TPSA) is 38.8 Å². The summed E-state index contributed by atoms with van der Waals surface area (Å²) in [5.41, 5.74) is 0.944. The van der Waals surface area contributed by atoms with Crippen LogP contribution in [0.2, 0.25) is 0 Å². The monoisotopic (exact) mass is 349 g/mol. The molecule has 1 unspecified atom stereocenters. The number of carbonyl (C=O) groups excluding carboxylic acids is 1. The number of ether oxygens (including phenoxy) is 2. The average Bonchev–Trinajstić information content (AvgIpc) is 3.21. The Bertz CT molecular complexity index is 650. The molecule has 0 N–H and O–H groups in total. The van der Waals surface area contributed by atoms with E-state index in [0.29, 0.717) is 12.3 Å². The first kappa shape index (κ1) is 16.2. The van der Waals surface area contributed by atoms with E-state index in [9.17, 15) is 4.79 Å². The quantitative estimate of drug-likeness (QED) is 0.799. The number of hydrogen-bond donors (Lipinski definition) is 0. The minimum absolute atomic E-state index is 0.0615. The number of benzene rings is 1. The van der Waals surface area contributed by atoms with Crippen molar-refractivity contribution in [2.75, 3.05) is 26.5 Å². The van der Waals surface area contributed by atoms with Gasteiger partial charge in [-0.1, -0.05) is 12.1 Å². The molecule has 0 bridgehead atoms. The number of methoxy groups -OCH3 is 2. The summed E-state index contributed by atoms with van der Waals surface area (Å²) in [6, 6.07) is 9.88. The number of carbonyl (C=O) groups is 1. The lowest BCUT2D eigenvalue weighted by atomic mass is 10.1. The molecule has 2 heterocycles. The van der Waals surface area contributed by atoms with Gasteiger partial charge in [-0.25, -0.2) is 0 Å². The molecule has 23 heavy (non-hydrogen) atoms. The molecular weight excluding hydrogens is 330 g/mol. The first-order valence-corrected chi connectivity index (χ1v) is 9.31. The molecule has 1 aliphatic rings. The van der Waals surface area contributed by atoms with Gasteiger partial charge in [-0.2, -0.15) is 0 Å². The van der Waals surface area contributed by atoms with Crippen molar-refractivity contribution in [2.24, 2.45) is 0 Å². The summed E-state index contributed by atoms with van der Waals surface area (Å²) in [6.45, 7) is 0.707. The van der Waals surface area contributed by atoms with E-state index < -0.39 is 0 Å². The van der Waals surface area contributed by atoms with E-state index in [-0.39, 0.29) is 11.3 Å². The highest BCUT2D eigenvalue weighted by Gasteiger charge is 2.36. The first-order valence-electron chi connectivity index (χ1n) is 7.39. The van der Waals surface area contributed by atoms with E-state index in [1.54, 1.807) is 37.3 Å². The van der Waals surface area contributed by atoms with Crippen LogP contribution in [0.15, 0.2) is 35.7 Å². The van der Waals surface area contributed by atoms with Gasteiger partial charge in [0, 0.05) is 11.4 Å². The zero-order valence-electron chi connectivity index (χ0n) is 13.2. The van der Waals surface area contributed by atoms with E-state index in [0.717, 1.165) is 23.5 Å². The predicted octanol–water partition coefficient (Wildman–Crippen LogP) is 3.58. The van der Waals surface area contributed by atoms with Gasteiger partial charge in [-0.3, -0.25) is 4.79 Å². The van der Waals surface area contributed by atoms with Crippen LogP contribution in [0, 0.1) is 0 Å². The van der Waals surface area contributed by atoms with Crippen molar-refractivity contribution < 1.29 is 14.3 Å². The van der Waals surface area contributed by atoms with E-state index in [2.05, 4.69) is 11.4 Å². The number of thiophene rings is 1. The van der Waals surface area contributed by atoms with Gasteiger partial charge in [-0.05, 0) is 30.0 Å². The molecule has 1 aromatic heterocycles. The fourth-order valence-electron chi connectivity index (χ4n) is 2.74. The molecule has 4 nitrogen and oxygen atoms in total. The summed E-state index contributed by atoms with van der Waals surface area (Å²) in [5.74, 6) is 2.19. The van der Waals surface area contributed by atoms with Crippen LogP contribution in [0.4, 0.5) is 0 Å². The average molecular weight is 349 g/mol. The van der Waals surface area contributed by atoms with Crippen molar-refractivity contribution in [1.82, 2.24) is 4.90 Å². The van der Waals surface area contributed by atoms with Crippen LogP contribution in [-0.2, 0) is 11.2 Å². The largest absolute Gasteiger partial charge is 0.496 e. The molecular formula is C17H19NO3S2. The maximum absolute atomic E-state index is 12.3. The number of nitrogens with zero attached hydrogens (tertiary/aromatic N) is 1. The van der Waals surface area contributed by atoms with Crippen molar-refractivity contribution in [3.05, 3.63) is 46.2 Å². The molecule has 1 amide bonds.